The Balaban J connectivity index is 1.63. The number of benzene rings is 1. The molecule has 10 heteroatoms. The number of cyclic esters (lactones) is 1. The van der Waals surface area contributed by atoms with Crippen molar-refractivity contribution in [1.29, 1.82) is 0 Å². The lowest BCUT2D eigenvalue weighted by Crippen LogP contribution is -2.38. The molecule has 0 atom stereocenters. The number of ether oxygens (including phenoxy) is 5. The topological polar surface area (TPSA) is 110 Å². The van der Waals surface area contributed by atoms with Crippen LogP contribution in [0.2, 0.25) is 0 Å². The maximum atomic E-state index is 12.4. The summed E-state index contributed by atoms with van der Waals surface area (Å²) in [6, 6.07) is 0. The van der Waals surface area contributed by atoms with E-state index in [0.717, 1.165) is 44.0 Å². The van der Waals surface area contributed by atoms with Crippen LogP contribution in [0.5, 0.6) is 11.5 Å². The average Bonchev–Trinajstić information content (AvgIpc) is 3.20. The van der Waals surface area contributed by atoms with E-state index in [1.54, 1.807) is 7.11 Å². The highest BCUT2D eigenvalue weighted by molar-refractivity contribution is 7.80. The number of rotatable bonds is 10. The zero-order valence-corrected chi connectivity index (χ0v) is 20.8. The molecule has 2 heterocycles. The van der Waals surface area contributed by atoms with E-state index in [4.69, 9.17) is 41.6 Å². The first-order valence-corrected chi connectivity index (χ1v) is 11.7. The fourth-order valence-electron chi connectivity index (χ4n) is 4.09. The second-order valence-corrected chi connectivity index (χ2v) is 8.65. The lowest BCUT2D eigenvalue weighted by molar-refractivity contribution is -0.144. The SMILES string of the molecule is COc1c(C)c2c(c(OC(N)=S)c1C/C=C(\C)CCC(=O)OCCN1CCOCC1)C(=O)OC2. The molecule has 2 N–H and O–H groups in total. The highest BCUT2D eigenvalue weighted by Gasteiger charge is 2.33. The van der Waals surface area contributed by atoms with Crippen molar-refractivity contribution in [3.05, 3.63) is 33.9 Å². The number of hydrogen-bond acceptors (Lipinski definition) is 9. The summed E-state index contributed by atoms with van der Waals surface area (Å²) in [5.74, 6) is 0.148. The number of hydrogen-bond donors (Lipinski definition) is 1. The van der Waals surface area contributed by atoms with Crippen LogP contribution in [0.3, 0.4) is 0 Å². The minimum atomic E-state index is -0.478. The molecular weight excluding hydrogens is 460 g/mol. The molecule has 0 amide bonds. The predicted molar refractivity (Wildman–Crippen MR) is 129 cm³/mol. The largest absolute Gasteiger partial charge is 0.496 e. The number of methoxy groups -OCH3 is 1. The summed E-state index contributed by atoms with van der Waals surface area (Å²) in [7, 11) is 1.56. The van der Waals surface area contributed by atoms with Crippen molar-refractivity contribution in [2.75, 3.05) is 46.6 Å². The van der Waals surface area contributed by atoms with E-state index in [2.05, 4.69) is 4.90 Å². The highest BCUT2D eigenvalue weighted by atomic mass is 32.1. The molecule has 0 spiro atoms. The van der Waals surface area contributed by atoms with Crippen LogP contribution in [0, 0.1) is 6.92 Å². The number of thiocarbonyl (C=S) groups is 1. The van der Waals surface area contributed by atoms with Gasteiger partial charge >= 0.3 is 11.9 Å². The molecule has 2 aliphatic heterocycles. The Hall–Kier alpha value is -2.69. The number of fused-ring (bicyclic) bond motifs is 1. The first kappa shape index (κ1) is 25.9. The predicted octanol–water partition coefficient (Wildman–Crippen LogP) is 2.44. The van der Waals surface area contributed by atoms with E-state index in [1.165, 1.54) is 0 Å². The fraction of sp³-hybridized carbons (Fsp3) is 0.542. The lowest BCUT2D eigenvalue weighted by atomic mass is 9.94. The summed E-state index contributed by atoms with van der Waals surface area (Å²) in [6.07, 6.45) is 3.21. The quantitative estimate of drug-likeness (QED) is 0.297. The smallest absolute Gasteiger partial charge is 0.342 e. The van der Waals surface area contributed by atoms with E-state index < -0.39 is 5.97 Å². The first-order valence-electron chi connectivity index (χ1n) is 11.3. The third-order valence-electron chi connectivity index (χ3n) is 5.98. The van der Waals surface area contributed by atoms with Crippen LogP contribution in [0.15, 0.2) is 11.6 Å². The first-order chi connectivity index (χ1) is 16.3. The molecular formula is C24H32N2O7S. The second-order valence-electron chi connectivity index (χ2n) is 8.25. The van der Waals surface area contributed by atoms with E-state index in [0.29, 0.717) is 41.9 Å². The van der Waals surface area contributed by atoms with E-state index in [9.17, 15) is 9.59 Å². The number of carbonyl (C=O) groups excluding carboxylic acids is 2. The van der Waals surface area contributed by atoms with Crippen molar-refractivity contribution in [1.82, 2.24) is 4.90 Å². The van der Waals surface area contributed by atoms with Gasteiger partial charge in [-0.25, -0.2) is 4.79 Å². The van der Waals surface area contributed by atoms with Gasteiger partial charge in [-0.05, 0) is 44.5 Å². The summed E-state index contributed by atoms with van der Waals surface area (Å²) in [5, 5.41) is -0.199. The Morgan fingerprint density at radius 1 is 1.24 bits per heavy atom. The van der Waals surface area contributed by atoms with Gasteiger partial charge in [-0.3, -0.25) is 9.69 Å². The normalized spacial score (nSPS) is 16.1. The number of carbonyl (C=O) groups is 2. The van der Waals surface area contributed by atoms with Gasteiger partial charge in [-0.2, -0.15) is 0 Å². The monoisotopic (exact) mass is 492 g/mol. The lowest BCUT2D eigenvalue weighted by Gasteiger charge is -2.26. The van der Waals surface area contributed by atoms with Crippen molar-refractivity contribution >= 4 is 29.3 Å². The van der Waals surface area contributed by atoms with Gasteiger partial charge in [0, 0.05) is 37.2 Å². The molecule has 9 nitrogen and oxygen atoms in total. The maximum absolute atomic E-state index is 12.4. The van der Waals surface area contributed by atoms with Gasteiger partial charge < -0.3 is 29.4 Å². The van der Waals surface area contributed by atoms with Gasteiger partial charge in [-0.15, -0.1) is 0 Å². The Kier molecular flexibility index (Phi) is 9.26. The Morgan fingerprint density at radius 3 is 2.65 bits per heavy atom. The van der Waals surface area contributed by atoms with Crippen LogP contribution in [0.25, 0.3) is 0 Å². The van der Waals surface area contributed by atoms with Crippen molar-refractivity contribution in [2.45, 2.75) is 39.7 Å². The van der Waals surface area contributed by atoms with Crippen LogP contribution in [0.1, 0.15) is 46.8 Å². The minimum Gasteiger partial charge on any atom is -0.496 e. The average molecular weight is 493 g/mol. The summed E-state index contributed by atoms with van der Waals surface area (Å²) in [4.78, 5) is 26.7. The van der Waals surface area contributed by atoms with Crippen molar-refractivity contribution in [3.63, 3.8) is 0 Å². The Labute approximate surface area is 205 Å². The van der Waals surface area contributed by atoms with E-state index in [-0.39, 0.29) is 29.9 Å². The van der Waals surface area contributed by atoms with E-state index >= 15 is 0 Å². The molecule has 34 heavy (non-hydrogen) atoms. The molecule has 186 valence electrons. The second kappa shape index (κ2) is 12.1. The number of morpholine rings is 1. The molecule has 0 unspecified atom stereocenters. The van der Waals surface area contributed by atoms with Gasteiger partial charge in [0.1, 0.15) is 24.5 Å². The summed E-state index contributed by atoms with van der Waals surface area (Å²) >= 11 is 4.93. The van der Waals surface area contributed by atoms with Crippen LogP contribution in [0.4, 0.5) is 0 Å². The molecule has 0 aromatic heterocycles. The molecule has 1 aromatic rings. The summed E-state index contributed by atoms with van der Waals surface area (Å²) < 4.78 is 27.1. The minimum absolute atomic E-state index is 0.146. The van der Waals surface area contributed by atoms with Gasteiger partial charge in [0.2, 0.25) is 0 Å². The molecule has 3 rings (SSSR count). The molecule has 0 aliphatic carbocycles. The molecule has 2 aliphatic rings. The number of nitrogens with zero attached hydrogens (tertiary/aromatic N) is 1. The molecule has 0 radical (unpaired) electrons. The Morgan fingerprint density at radius 2 is 1.97 bits per heavy atom. The van der Waals surface area contributed by atoms with Crippen LogP contribution in [-0.2, 0) is 32.0 Å². The van der Waals surface area contributed by atoms with Crippen LogP contribution in [-0.4, -0.2) is 68.6 Å². The van der Waals surface area contributed by atoms with E-state index in [1.807, 2.05) is 19.9 Å². The zero-order chi connectivity index (χ0) is 24.7. The van der Waals surface area contributed by atoms with Gasteiger partial charge in [0.25, 0.3) is 5.17 Å². The molecule has 1 fully saturated rings. The fourth-order valence-corrected chi connectivity index (χ4v) is 4.17. The third kappa shape index (κ3) is 6.46. The summed E-state index contributed by atoms with van der Waals surface area (Å²) in [6.45, 7) is 8.22. The number of nitrogens with two attached hydrogens (primary N) is 1. The molecule has 0 bridgehead atoms. The molecule has 0 saturated carbocycles. The number of esters is 2. The van der Waals surface area contributed by atoms with Gasteiger partial charge in [0.15, 0.2) is 5.75 Å². The Bertz CT molecular complexity index is 971. The van der Waals surface area contributed by atoms with Crippen LogP contribution >= 0.6 is 12.2 Å². The maximum Gasteiger partial charge on any atom is 0.342 e. The third-order valence-corrected chi connectivity index (χ3v) is 6.06. The molecule has 1 saturated heterocycles. The van der Waals surface area contributed by atoms with Gasteiger partial charge in [-0.1, -0.05) is 11.6 Å². The van der Waals surface area contributed by atoms with Crippen LogP contribution < -0.4 is 15.2 Å². The summed E-state index contributed by atoms with van der Waals surface area (Å²) in [5.41, 5.74) is 9.12. The van der Waals surface area contributed by atoms with Gasteiger partial charge in [0.05, 0.1) is 20.3 Å². The van der Waals surface area contributed by atoms with Crippen molar-refractivity contribution < 1.29 is 33.3 Å². The van der Waals surface area contributed by atoms with Crippen molar-refractivity contribution in [2.24, 2.45) is 5.73 Å². The molecule has 1 aromatic carbocycles. The zero-order valence-electron chi connectivity index (χ0n) is 19.9. The number of allylic oxidation sites excluding steroid dienone is 2. The highest BCUT2D eigenvalue weighted by Crippen LogP contribution is 2.42. The standard InChI is InChI=1S/C24H32N2O7S/c1-15(5-7-19(27)31-13-10-26-8-11-30-12-9-26)4-6-17-21(29-3)16(2)18-14-32-23(28)20(18)22(17)33-24(25)34/h4H,5-14H2,1-3H3,(H2,25,34)/b15-4+. The van der Waals surface area contributed by atoms with Crippen molar-refractivity contribution in [3.8, 4) is 11.5 Å².